The fourth-order valence-electron chi connectivity index (χ4n) is 2.08. The zero-order valence-electron chi connectivity index (χ0n) is 12.7. The van der Waals surface area contributed by atoms with E-state index in [2.05, 4.69) is 15.6 Å². The van der Waals surface area contributed by atoms with Gasteiger partial charge in [-0.25, -0.2) is 13.2 Å². The molecule has 3 nitrogen and oxygen atoms in total. The predicted molar refractivity (Wildman–Crippen MR) is 84.7 cm³/mol. The van der Waals surface area contributed by atoms with Crippen LogP contribution in [0.3, 0.4) is 0 Å². The fourth-order valence-corrected chi connectivity index (χ4v) is 2.08. The standard InChI is InChI=1S/C17H18F3N3/c1-21-17(23-11-13-4-2-3-5-15(13)19)22-9-8-12-6-7-14(18)10-16(12)20/h2-7,10H,8-9,11H2,1H3,(H2,21,22,23). The Kier molecular flexibility index (Phi) is 6.02. The number of aliphatic imine (C=N–C) groups is 1. The SMILES string of the molecule is CN=C(NCCc1ccc(F)cc1F)NCc1ccccc1F. The number of benzene rings is 2. The highest BCUT2D eigenvalue weighted by Crippen LogP contribution is 2.09. The lowest BCUT2D eigenvalue weighted by atomic mass is 10.1. The summed E-state index contributed by atoms with van der Waals surface area (Å²) in [7, 11) is 1.59. The number of hydrogen-bond donors (Lipinski definition) is 2. The molecule has 0 aliphatic heterocycles. The van der Waals surface area contributed by atoms with Crippen molar-refractivity contribution in [3.05, 3.63) is 71.0 Å². The second-order valence-corrected chi connectivity index (χ2v) is 4.93. The molecule has 0 bridgehead atoms. The molecule has 0 amide bonds. The summed E-state index contributed by atoms with van der Waals surface area (Å²) in [4.78, 5) is 4.02. The molecule has 0 radical (unpaired) electrons. The summed E-state index contributed by atoms with van der Waals surface area (Å²) in [6.07, 6.45) is 0.381. The first-order valence-electron chi connectivity index (χ1n) is 7.22. The van der Waals surface area contributed by atoms with Crippen molar-refractivity contribution in [2.45, 2.75) is 13.0 Å². The van der Waals surface area contributed by atoms with Gasteiger partial charge >= 0.3 is 0 Å². The number of nitrogens with zero attached hydrogens (tertiary/aromatic N) is 1. The smallest absolute Gasteiger partial charge is 0.191 e. The summed E-state index contributed by atoms with van der Waals surface area (Å²) in [6, 6.07) is 9.97. The third kappa shape index (κ3) is 5.02. The summed E-state index contributed by atoms with van der Waals surface area (Å²) >= 11 is 0. The zero-order chi connectivity index (χ0) is 16.7. The van der Waals surface area contributed by atoms with Crippen LogP contribution in [0.5, 0.6) is 0 Å². The summed E-state index contributed by atoms with van der Waals surface area (Å²) in [5, 5.41) is 5.99. The van der Waals surface area contributed by atoms with E-state index in [1.165, 1.54) is 18.2 Å². The molecule has 0 aliphatic carbocycles. The molecule has 23 heavy (non-hydrogen) atoms. The second kappa shape index (κ2) is 8.22. The molecular formula is C17H18F3N3. The second-order valence-electron chi connectivity index (χ2n) is 4.93. The van der Waals surface area contributed by atoms with Crippen molar-refractivity contribution in [1.82, 2.24) is 10.6 Å². The quantitative estimate of drug-likeness (QED) is 0.656. The molecule has 2 rings (SSSR count). The van der Waals surface area contributed by atoms with Gasteiger partial charge in [-0.3, -0.25) is 4.99 Å². The summed E-state index contributed by atoms with van der Waals surface area (Å²) < 4.78 is 39.9. The monoisotopic (exact) mass is 321 g/mol. The van der Waals surface area contributed by atoms with E-state index >= 15 is 0 Å². The number of guanidine groups is 1. The Labute approximate surface area is 133 Å². The van der Waals surface area contributed by atoms with Crippen LogP contribution in [-0.4, -0.2) is 19.6 Å². The van der Waals surface area contributed by atoms with Crippen molar-refractivity contribution in [2.75, 3.05) is 13.6 Å². The number of nitrogens with one attached hydrogen (secondary N) is 2. The molecule has 6 heteroatoms. The van der Waals surface area contributed by atoms with Crippen LogP contribution in [0.25, 0.3) is 0 Å². The van der Waals surface area contributed by atoms with Crippen molar-refractivity contribution in [2.24, 2.45) is 4.99 Å². The molecule has 0 spiro atoms. The molecule has 2 N–H and O–H groups in total. The predicted octanol–water partition coefficient (Wildman–Crippen LogP) is 3.01. The minimum atomic E-state index is -0.596. The first kappa shape index (κ1) is 16.9. The van der Waals surface area contributed by atoms with E-state index in [9.17, 15) is 13.2 Å². The Morgan fingerprint density at radius 3 is 2.43 bits per heavy atom. The van der Waals surface area contributed by atoms with Gasteiger partial charge in [-0.05, 0) is 24.1 Å². The Hall–Kier alpha value is -2.50. The number of halogens is 3. The summed E-state index contributed by atoms with van der Waals surface area (Å²) in [5.74, 6) is -0.970. The van der Waals surface area contributed by atoms with E-state index in [1.807, 2.05) is 0 Å². The lowest BCUT2D eigenvalue weighted by molar-refractivity contribution is 0.570. The summed E-state index contributed by atoms with van der Waals surface area (Å²) in [6.45, 7) is 0.705. The maximum Gasteiger partial charge on any atom is 0.191 e. The van der Waals surface area contributed by atoms with Crippen LogP contribution < -0.4 is 10.6 Å². The van der Waals surface area contributed by atoms with Crippen molar-refractivity contribution < 1.29 is 13.2 Å². The molecule has 0 heterocycles. The normalized spacial score (nSPS) is 11.4. The Morgan fingerprint density at radius 1 is 0.957 bits per heavy atom. The van der Waals surface area contributed by atoms with Crippen LogP contribution in [0.1, 0.15) is 11.1 Å². The van der Waals surface area contributed by atoms with Crippen molar-refractivity contribution in [3.63, 3.8) is 0 Å². The highest BCUT2D eigenvalue weighted by atomic mass is 19.1. The van der Waals surface area contributed by atoms with Gasteiger partial charge in [0, 0.05) is 31.8 Å². The maximum atomic E-state index is 13.5. The highest BCUT2D eigenvalue weighted by molar-refractivity contribution is 5.79. The molecule has 2 aromatic rings. The zero-order valence-corrected chi connectivity index (χ0v) is 12.7. The van der Waals surface area contributed by atoms with Gasteiger partial charge in [-0.1, -0.05) is 24.3 Å². The van der Waals surface area contributed by atoms with E-state index in [-0.39, 0.29) is 12.4 Å². The Morgan fingerprint density at radius 2 is 1.74 bits per heavy atom. The highest BCUT2D eigenvalue weighted by Gasteiger charge is 2.05. The molecule has 2 aromatic carbocycles. The lowest BCUT2D eigenvalue weighted by Gasteiger charge is -2.12. The van der Waals surface area contributed by atoms with Crippen LogP contribution in [-0.2, 0) is 13.0 Å². The van der Waals surface area contributed by atoms with Gasteiger partial charge in [0.25, 0.3) is 0 Å². The van der Waals surface area contributed by atoms with E-state index in [0.717, 1.165) is 6.07 Å². The minimum absolute atomic E-state index is 0.288. The third-order valence-electron chi connectivity index (χ3n) is 3.33. The molecule has 0 saturated heterocycles. The molecule has 0 aliphatic rings. The van der Waals surface area contributed by atoms with Gasteiger partial charge in [-0.2, -0.15) is 0 Å². The third-order valence-corrected chi connectivity index (χ3v) is 3.33. The first-order chi connectivity index (χ1) is 11.1. The fraction of sp³-hybridized carbons (Fsp3) is 0.235. The van der Waals surface area contributed by atoms with Crippen LogP contribution in [0.2, 0.25) is 0 Å². The van der Waals surface area contributed by atoms with Gasteiger partial charge in [-0.15, -0.1) is 0 Å². The maximum absolute atomic E-state index is 13.5. The van der Waals surface area contributed by atoms with E-state index < -0.39 is 11.6 Å². The van der Waals surface area contributed by atoms with Crippen LogP contribution in [0.4, 0.5) is 13.2 Å². The molecule has 0 saturated carbocycles. The van der Waals surface area contributed by atoms with E-state index in [0.29, 0.717) is 30.1 Å². The van der Waals surface area contributed by atoms with Crippen molar-refractivity contribution in [3.8, 4) is 0 Å². The number of rotatable bonds is 5. The first-order valence-corrected chi connectivity index (χ1v) is 7.22. The van der Waals surface area contributed by atoms with E-state index in [4.69, 9.17) is 0 Å². The largest absolute Gasteiger partial charge is 0.356 e. The Balaban J connectivity index is 1.82. The number of hydrogen-bond acceptors (Lipinski definition) is 1. The molecule has 122 valence electrons. The van der Waals surface area contributed by atoms with Crippen LogP contribution >= 0.6 is 0 Å². The average molecular weight is 321 g/mol. The molecular weight excluding hydrogens is 303 g/mol. The van der Waals surface area contributed by atoms with Crippen LogP contribution in [0, 0.1) is 17.5 Å². The van der Waals surface area contributed by atoms with Gasteiger partial charge in [0.05, 0.1) is 0 Å². The molecule has 0 aromatic heterocycles. The van der Waals surface area contributed by atoms with Gasteiger partial charge in [0.1, 0.15) is 17.5 Å². The average Bonchev–Trinajstić information content (AvgIpc) is 2.54. The van der Waals surface area contributed by atoms with Gasteiger partial charge < -0.3 is 10.6 Å². The van der Waals surface area contributed by atoms with Gasteiger partial charge in [0.15, 0.2) is 5.96 Å². The van der Waals surface area contributed by atoms with E-state index in [1.54, 1.807) is 25.2 Å². The van der Waals surface area contributed by atoms with Gasteiger partial charge in [0.2, 0.25) is 0 Å². The topological polar surface area (TPSA) is 36.4 Å². The lowest BCUT2D eigenvalue weighted by Crippen LogP contribution is -2.38. The molecule has 0 atom stereocenters. The molecule has 0 unspecified atom stereocenters. The summed E-state index contributed by atoms with van der Waals surface area (Å²) in [5.41, 5.74) is 0.948. The van der Waals surface area contributed by atoms with Crippen molar-refractivity contribution in [1.29, 1.82) is 0 Å². The minimum Gasteiger partial charge on any atom is -0.356 e. The molecule has 0 fully saturated rings. The van der Waals surface area contributed by atoms with Crippen LogP contribution in [0.15, 0.2) is 47.5 Å². The van der Waals surface area contributed by atoms with Crippen molar-refractivity contribution >= 4 is 5.96 Å². The Bertz CT molecular complexity index is 687.